The first kappa shape index (κ1) is 12.6. The summed E-state index contributed by atoms with van der Waals surface area (Å²) in [5.41, 5.74) is 2.16. The molecule has 4 heteroatoms. The highest BCUT2D eigenvalue weighted by Crippen LogP contribution is 2.15. The van der Waals surface area contributed by atoms with Gasteiger partial charge in [0, 0.05) is 12.6 Å². The number of aromatic nitrogens is 2. The van der Waals surface area contributed by atoms with Crippen LogP contribution < -0.4 is 10.6 Å². The minimum atomic E-state index is 0.260. The van der Waals surface area contributed by atoms with Crippen LogP contribution in [0.1, 0.15) is 38.1 Å². The molecule has 1 aromatic carbocycles. The SMILES string of the molecule is CC(NCC1CCCCN1)c1nc2ccccc2[nH]1. The predicted molar refractivity (Wildman–Crippen MR) is 78.2 cm³/mol. The molecule has 3 rings (SSSR count). The fourth-order valence-electron chi connectivity index (χ4n) is 2.69. The van der Waals surface area contributed by atoms with Crippen molar-refractivity contribution in [3.8, 4) is 0 Å². The van der Waals surface area contributed by atoms with Crippen molar-refractivity contribution in [1.29, 1.82) is 0 Å². The van der Waals surface area contributed by atoms with Gasteiger partial charge in [0.15, 0.2) is 0 Å². The summed E-state index contributed by atoms with van der Waals surface area (Å²) in [6, 6.07) is 9.05. The Kier molecular flexibility index (Phi) is 3.80. The molecule has 0 amide bonds. The molecule has 2 unspecified atom stereocenters. The summed E-state index contributed by atoms with van der Waals surface area (Å²) in [5, 5.41) is 7.13. The maximum Gasteiger partial charge on any atom is 0.124 e. The molecular weight excluding hydrogens is 236 g/mol. The van der Waals surface area contributed by atoms with Crippen LogP contribution in [0.25, 0.3) is 11.0 Å². The molecule has 0 aliphatic carbocycles. The average molecular weight is 258 g/mol. The number of nitrogens with zero attached hydrogens (tertiary/aromatic N) is 1. The highest BCUT2D eigenvalue weighted by molar-refractivity contribution is 5.74. The van der Waals surface area contributed by atoms with Crippen molar-refractivity contribution >= 4 is 11.0 Å². The Balaban J connectivity index is 1.61. The molecule has 1 aromatic heterocycles. The first-order valence-corrected chi connectivity index (χ1v) is 7.24. The normalized spacial score (nSPS) is 21.6. The largest absolute Gasteiger partial charge is 0.341 e. The van der Waals surface area contributed by atoms with Crippen LogP contribution in [0.4, 0.5) is 0 Å². The fraction of sp³-hybridized carbons (Fsp3) is 0.533. The smallest absolute Gasteiger partial charge is 0.124 e. The lowest BCUT2D eigenvalue weighted by Crippen LogP contribution is -2.42. The number of fused-ring (bicyclic) bond motifs is 1. The zero-order chi connectivity index (χ0) is 13.1. The number of piperidine rings is 1. The zero-order valence-electron chi connectivity index (χ0n) is 11.4. The van der Waals surface area contributed by atoms with Gasteiger partial charge in [-0.25, -0.2) is 4.98 Å². The number of imidazole rings is 1. The second kappa shape index (κ2) is 5.72. The molecule has 4 nitrogen and oxygen atoms in total. The van der Waals surface area contributed by atoms with E-state index in [9.17, 15) is 0 Å². The number of aromatic amines is 1. The number of benzene rings is 1. The summed E-state index contributed by atoms with van der Waals surface area (Å²) in [4.78, 5) is 8.03. The maximum atomic E-state index is 4.64. The maximum absolute atomic E-state index is 4.64. The van der Waals surface area contributed by atoms with Crippen molar-refractivity contribution < 1.29 is 0 Å². The highest BCUT2D eigenvalue weighted by Gasteiger charge is 2.15. The van der Waals surface area contributed by atoms with Crippen LogP contribution in [-0.4, -0.2) is 29.1 Å². The quantitative estimate of drug-likeness (QED) is 0.789. The molecule has 1 aliphatic heterocycles. The highest BCUT2D eigenvalue weighted by atomic mass is 15.0. The lowest BCUT2D eigenvalue weighted by Gasteiger charge is -2.25. The van der Waals surface area contributed by atoms with Crippen LogP contribution in [0.15, 0.2) is 24.3 Å². The molecular formula is C15H22N4. The van der Waals surface area contributed by atoms with Gasteiger partial charge in [0.25, 0.3) is 0 Å². The van der Waals surface area contributed by atoms with Crippen molar-refractivity contribution in [3.05, 3.63) is 30.1 Å². The van der Waals surface area contributed by atoms with Gasteiger partial charge in [-0.2, -0.15) is 0 Å². The molecule has 0 spiro atoms. The van der Waals surface area contributed by atoms with Gasteiger partial charge in [0.2, 0.25) is 0 Å². The molecule has 0 saturated carbocycles. The number of para-hydroxylation sites is 2. The Bertz CT molecular complexity index is 495. The van der Waals surface area contributed by atoms with Gasteiger partial charge >= 0.3 is 0 Å². The van der Waals surface area contributed by atoms with Crippen molar-refractivity contribution in [1.82, 2.24) is 20.6 Å². The third-order valence-corrected chi connectivity index (χ3v) is 3.90. The lowest BCUT2D eigenvalue weighted by molar-refractivity contribution is 0.369. The monoisotopic (exact) mass is 258 g/mol. The van der Waals surface area contributed by atoms with Crippen LogP contribution in [-0.2, 0) is 0 Å². The van der Waals surface area contributed by atoms with E-state index in [-0.39, 0.29) is 6.04 Å². The number of hydrogen-bond donors (Lipinski definition) is 3. The van der Waals surface area contributed by atoms with Gasteiger partial charge < -0.3 is 15.6 Å². The third-order valence-electron chi connectivity index (χ3n) is 3.90. The summed E-state index contributed by atoms with van der Waals surface area (Å²) in [6.45, 7) is 4.34. The number of H-pyrrole nitrogens is 1. The van der Waals surface area contributed by atoms with Gasteiger partial charge in [0.05, 0.1) is 17.1 Å². The van der Waals surface area contributed by atoms with Crippen LogP contribution in [0.2, 0.25) is 0 Å². The van der Waals surface area contributed by atoms with Gasteiger partial charge in [0.1, 0.15) is 5.82 Å². The number of hydrogen-bond acceptors (Lipinski definition) is 3. The van der Waals surface area contributed by atoms with Gasteiger partial charge in [-0.05, 0) is 38.4 Å². The van der Waals surface area contributed by atoms with Crippen LogP contribution in [0.5, 0.6) is 0 Å². The van der Waals surface area contributed by atoms with E-state index in [2.05, 4.69) is 33.6 Å². The molecule has 0 bridgehead atoms. The molecule has 1 aliphatic rings. The van der Waals surface area contributed by atoms with Gasteiger partial charge in [-0.3, -0.25) is 0 Å². The molecule has 1 fully saturated rings. The van der Waals surface area contributed by atoms with E-state index < -0.39 is 0 Å². The Labute approximate surface area is 114 Å². The minimum Gasteiger partial charge on any atom is -0.341 e. The Morgan fingerprint density at radius 2 is 2.26 bits per heavy atom. The number of nitrogens with one attached hydrogen (secondary N) is 3. The first-order chi connectivity index (χ1) is 9.33. The van der Waals surface area contributed by atoms with Crippen molar-refractivity contribution in [2.45, 2.75) is 38.3 Å². The Morgan fingerprint density at radius 1 is 1.37 bits per heavy atom. The molecule has 2 atom stereocenters. The third kappa shape index (κ3) is 2.96. The van der Waals surface area contributed by atoms with Crippen molar-refractivity contribution in [2.75, 3.05) is 13.1 Å². The van der Waals surface area contributed by atoms with Crippen molar-refractivity contribution in [2.24, 2.45) is 0 Å². The van der Waals surface area contributed by atoms with E-state index in [1.54, 1.807) is 0 Å². The second-order valence-electron chi connectivity index (χ2n) is 5.42. The van der Waals surface area contributed by atoms with Crippen LogP contribution in [0.3, 0.4) is 0 Å². The molecule has 2 heterocycles. The van der Waals surface area contributed by atoms with Crippen molar-refractivity contribution in [3.63, 3.8) is 0 Å². The van der Waals surface area contributed by atoms with Gasteiger partial charge in [-0.1, -0.05) is 18.6 Å². The topological polar surface area (TPSA) is 52.7 Å². The summed E-state index contributed by atoms with van der Waals surface area (Å²) in [6.07, 6.45) is 3.94. The summed E-state index contributed by atoms with van der Waals surface area (Å²) >= 11 is 0. The average Bonchev–Trinajstić information content (AvgIpc) is 2.90. The molecule has 1 saturated heterocycles. The van der Waals surface area contributed by atoms with E-state index >= 15 is 0 Å². The predicted octanol–water partition coefficient (Wildman–Crippen LogP) is 2.36. The summed E-state index contributed by atoms with van der Waals surface area (Å²) < 4.78 is 0. The Morgan fingerprint density at radius 3 is 3.05 bits per heavy atom. The van der Waals surface area contributed by atoms with Crippen LogP contribution >= 0.6 is 0 Å². The second-order valence-corrected chi connectivity index (χ2v) is 5.42. The minimum absolute atomic E-state index is 0.260. The molecule has 0 radical (unpaired) electrons. The first-order valence-electron chi connectivity index (χ1n) is 7.24. The van der Waals surface area contributed by atoms with E-state index in [4.69, 9.17) is 0 Å². The Hall–Kier alpha value is -1.39. The molecule has 2 aromatic rings. The van der Waals surface area contributed by atoms with E-state index in [1.807, 2.05) is 18.2 Å². The molecule has 3 N–H and O–H groups in total. The molecule has 102 valence electrons. The van der Waals surface area contributed by atoms with E-state index in [0.717, 1.165) is 29.9 Å². The summed E-state index contributed by atoms with van der Waals surface area (Å²) in [5.74, 6) is 1.03. The lowest BCUT2D eigenvalue weighted by atomic mass is 10.0. The van der Waals surface area contributed by atoms with Crippen LogP contribution in [0, 0.1) is 0 Å². The standard InChI is InChI=1S/C15H22N4/c1-11(17-10-12-6-4-5-9-16-12)15-18-13-7-2-3-8-14(13)19-15/h2-3,7-8,11-12,16-17H,4-6,9-10H2,1H3,(H,18,19). The summed E-state index contributed by atoms with van der Waals surface area (Å²) in [7, 11) is 0. The fourth-order valence-corrected chi connectivity index (χ4v) is 2.69. The zero-order valence-corrected chi connectivity index (χ0v) is 11.4. The van der Waals surface area contributed by atoms with E-state index in [1.165, 1.54) is 19.3 Å². The van der Waals surface area contributed by atoms with Gasteiger partial charge in [-0.15, -0.1) is 0 Å². The van der Waals surface area contributed by atoms with E-state index in [0.29, 0.717) is 6.04 Å². The molecule has 19 heavy (non-hydrogen) atoms. The number of rotatable bonds is 4.